The maximum Gasteiger partial charge on any atom is 0.264 e. The number of ether oxygens (including phenoxy) is 2. The summed E-state index contributed by atoms with van der Waals surface area (Å²) in [5, 5.41) is 14.1. The largest absolute Gasteiger partial charge is 0.454 e. The molecular weight excluding hydrogens is 256 g/mol. The van der Waals surface area contributed by atoms with Gasteiger partial charge in [0.1, 0.15) is 0 Å². The van der Waals surface area contributed by atoms with E-state index in [4.69, 9.17) is 14.7 Å². The number of oxime groups is 1. The van der Waals surface area contributed by atoms with Crippen LogP contribution in [-0.2, 0) is 4.79 Å². The lowest BCUT2D eigenvalue weighted by molar-refractivity contribution is -0.115. The molecule has 0 unspecified atom stereocenters. The second-order valence-electron chi connectivity index (χ2n) is 3.58. The summed E-state index contributed by atoms with van der Waals surface area (Å²) in [6.45, 7) is 0.214. The van der Waals surface area contributed by atoms with E-state index in [1.165, 1.54) is 0 Å². The first-order valence-electron chi connectivity index (χ1n) is 5.09. The van der Waals surface area contributed by atoms with Gasteiger partial charge >= 0.3 is 0 Å². The highest BCUT2D eigenvalue weighted by atomic mass is 32.2. The van der Waals surface area contributed by atoms with Crippen LogP contribution in [0.1, 0.15) is 5.56 Å². The zero-order valence-corrected chi connectivity index (χ0v) is 9.86. The summed E-state index contributed by atoms with van der Waals surface area (Å²) >= 11 is 1.08. The monoisotopic (exact) mass is 264 g/mol. The number of thioether (sulfide) groups is 1. The molecule has 1 amide bonds. The molecule has 0 aromatic heterocycles. The van der Waals surface area contributed by atoms with Crippen molar-refractivity contribution in [3.63, 3.8) is 0 Å². The molecule has 92 valence electrons. The van der Waals surface area contributed by atoms with E-state index >= 15 is 0 Å². The minimum Gasteiger partial charge on any atom is -0.454 e. The molecule has 18 heavy (non-hydrogen) atoms. The van der Waals surface area contributed by atoms with Gasteiger partial charge in [-0.3, -0.25) is 10.1 Å². The van der Waals surface area contributed by atoms with E-state index in [1.54, 1.807) is 18.2 Å². The van der Waals surface area contributed by atoms with Gasteiger partial charge in [-0.1, -0.05) is 11.2 Å². The van der Waals surface area contributed by atoms with E-state index in [2.05, 4.69) is 10.5 Å². The highest BCUT2D eigenvalue weighted by Crippen LogP contribution is 2.34. The number of carbonyl (C=O) groups excluding carboxylic acids is 1. The van der Waals surface area contributed by atoms with E-state index in [1.807, 2.05) is 6.07 Å². The van der Waals surface area contributed by atoms with Crippen LogP contribution in [0.15, 0.2) is 28.3 Å². The zero-order chi connectivity index (χ0) is 12.5. The van der Waals surface area contributed by atoms with Crippen molar-refractivity contribution >= 4 is 28.9 Å². The van der Waals surface area contributed by atoms with Crippen LogP contribution >= 0.6 is 11.8 Å². The Hall–Kier alpha value is -2.15. The molecule has 1 aromatic rings. The van der Waals surface area contributed by atoms with E-state index in [0.717, 1.165) is 17.3 Å². The van der Waals surface area contributed by atoms with E-state index in [-0.39, 0.29) is 17.9 Å². The quantitative estimate of drug-likeness (QED) is 0.455. The van der Waals surface area contributed by atoms with Crippen molar-refractivity contribution in [2.45, 2.75) is 0 Å². The maximum atomic E-state index is 11.5. The van der Waals surface area contributed by atoms with Gasteiger partial charge in [0.25, 0.3) is 5.91 Å². The van der Waals surface area contributed by atoms with Gasteiger partial charge < -0.3 is 14.7 Å². The first-order valence-corrected chi connectivity index (χ1v) is 5.90. The number of hydrogen-bond donors (Lipinski definition) is 2. The second-order valence-corrected chi connectivity index (χ2v) is 4.61. The number of fused-ring (bicyclic) bond motifs is 1. The highest BCUT2D eigenvalue weighted by molar-refractivity contribution is 8.18. The fourth-order valence-electron chi connectivity index (χ4n) is 1.63. The van der Waals surface area contributed by atoms with Gasteiger partial charge in [0, 0.05) is 0 Å². The summed E-state index contributed by atoms with van der Waals surface area (Å²) < 4.78 is 10.4. The van der Waals surface area contributed by atoms with Gasteiger partial charge in [0.05, 0.1) is 4.91 Å². The Labute approximate surface area is 106 Å². The van der Waals surface area contributed by atoms with Crippen LogP contribution in [0.2, 0.25) is 0 Å². The number of amidine groups is 1. The molecule has 2 heterocycles. The number of nitrogens with one attached hydrogen (secondary N) is 1. The molecule has 0 saturated carbocycles. The lowest BCUT2D eigenvalue weighted by atomic mass is 10.2. The Morgan fingerprint density at radius 2 is 2.22 bits per heavy atom. The molecule has 0 aliphatic carbocycles. The van der Waals surface area contributed by atoms with Crippen molar-refractivity contribution in [2.75, 3.05) is 6.79 Å². The SMILES string of the molecule is O=C1N/C(=N\O)S/C1=C/c1ccc2c(c1)OCO2. The van der Waals surface area contributed by atoms with Gasteiger partial charge in [-0.25, -0.2) is 0 Å². The molecular formula is C11H8N2O4S. The van der Waals surface area contributed by atoms with E-state index < -0.39 is 0 Å². The van der Waals surface area contributed by atoms with Crippen molar-refractivity contribution in [2.24, 2.45) is 5.16 Å². The number of amides is 1. The lowest BCUT2D eigenvalue weighted by Crippen LogP contribution is -2.19. The normalized spacial score (nSPS) is 21.7. The predicted octanol–water partition coefficient (Wildman–Crippen LogP) is 1.36. The summed E-state index contributed by atoms with van der Waals surface area (Å²) in [5.41, 5.74) is 0.816. The average Bonchev–Trinajstić information content (AvgIpc) is 2.96. The van der Waals surface area contributed by atoms with Crippen molar-refractivity contribution in [1.29, 1.82) is 0 Å². The molecule has 7 heteroatoms. The highest BCUT2D eigenvalue weighted by Gasteiger charge is 2.24. The van der Waals surface area contributed by atoms with Crippen LogP contribution in [0.25, 0.3) is 6.08 Å². The van der Waals surface area contributed by atoms with Crippen molar-refractivity contribution in [3.8, 4) is 11.5 Å². The molecule has 0 spiro atoms. The summed E-state index contributed by atoms with van der Waals surface area (Å²) in [6.07, 6.45) is 1.69. The summed E-state index contributed by atoms with van der Waals surface area (Å²) in [4.78, 5) is 12.0. The first-order chi connectivity index (χ1) is 8.76. The van der Waals surface area contributed by atoms with Crippen LogP contribution in [0.4, 0.5) is 0 Å². The molecule has 1 aromatic carbocycles. The zero-order valence-electron chi connectivity index (χ0n) is 9.04. The third-order valence-electron chi connectivity index (χ3n) is 2.44. The molecule has 1 fully saturated rings. The van der Waals surface area contributed by atoms with Gasteiger partial charge in [0.2, 0.25) is 12.0 Å². The molecule has 2 aliphatic heterocycles. The standard InChI is InChI=1S/C11H8N2O4S/c14-10-9(18-11(12-10)13-15)4-6-1-2-7-8(3-6)17-5-16-7/h1-4,15H,5H2,(H,12,13,14)/b9-4+. The number of nitrogens with zero attached hydrogens (tertiary/aromatic N) is 1. The van der Waals surface area contributed by atoms with Crippen molar-refractivity contribution in [1.82, 2.24) is 5.32 Å². The summed E-state index contributed by atoms with van der Waals surface area (Å²) in [5.74, 6) is 1.06. The first kappa shape index (κ1) is 11.0. The number of hydrogen-bond acceptors (Lipinski definition) is 6. The fraction of sp³-hybridized carbons (Fsp3) is 0.0909. The smallest absolute Gasteiger partial charge is 0.264 e. The second kappa shape index (κ2) is 4.26. The van der Waals surface area contributed by atoms with Gasteiger partial charge in [0.15, 0.2) is 11.5 Å². The van der Waals surface area contributed by atoms with Crippen LogP contribution in [0, 0.1) is 0 Å². The maximum absolute atomic E-state index is 11.5. The Kier molecular flexibility index (Phi) is 2.60. The van der Waals surface area contributed by atoms with Gasteiger partial charge in [-0.05, 0) is 35.5 Å². The molecule has 0 atom stereocenters. The van der Waals surface area contributed by atoms with Crippen LogP contribution < -0.4 is 14.8 Å². The summed E-state index contributed by atoms with van der Waals surface area (Å²) in [6, 6.07) is 5.40. The fourth-order valence-corrected chi connectivity index (χ4v) is 2.36. The molecule has 1 saturated heterocycles. The average molecular weight is 264 g/mol. The number of benzene rings is 1. The molecule has 6 nitrogen and oxygen atoms in total. The minimum atomic E-state index is -0.287. The summed E-state index contributed by atoms with van der Waals surface area (Å²) in [7, 11) is 0. The minimum absolute atomic E-state index is 0.173. The number of carbonyl (C=O) groups is 1. The third-order valence-corrected chi connectivity index (χ3v) is 3.34. The third kappa shape index (κ3) is 1.88. The van der Waals surface area contributed by atoms with Crippen LogP contribution in [-0.4, -0.2) is 23.1 Å². The number of rotatable bonds is 1. The Morgan fingerprint density at radius 1 is 1.39 bits per heavy atom. The van der Waals surface area contributed by atoms with E-state index in [0.29, 0.717) is 16.4 Å². The molecule has 3 rings (SSSR count). The van der Waals surface area contributed by atoms with Gasteiger partial charge in [-0.2, -0.15) is 0 Å². The lowest BCUT2D eigenvalue weighted by Gasteiger charge is -1.98. The molecule has 2 N–H and O–H groups in total. The molecule has 0 bridgehead atoms. The van der Waals surface area contributed by atoms with Crippen molar-refractivity contribution < 1.29 is 19.5 Å². The van der Waals surface area contributed by atoms with Crippen LogP contribution in [0.3, 0.4) is 0 Å². The van der Waals surface area contributed by atoms with Crippen molar-refractivity contribution in [3.05, 3.63) is 28.7 Å². The molecule has 2 aliphatic rings. The van der Waals surface area contributed by atoms with E-state index in [9.17, 15) is 4.79 Å². The topological polar surface area (TPSA) is 80.2 Å². The molecule has 0 radical (unpaired) electrons. The Morgan fingerprint density at radius 3 is 3.00 bits per heavy atom. The Balaban J connectivity index is 1.90. The van der Waals surface area contributed by atoms with Crippen LogP contribution in [0.5, 0.6) is 11.5 Å². The van der Waals surface area contributed by atoms with Gasteiger partial charge in [-0.15, -0.1) is 0 Å². The Bertz CT molecular complexity index is 582. The predicted molar refractivity (Wildman–Crippen MR) is 65.5 cm³/mol.